The first-order valence-electron chi connectivity index (χ1n) is 10.2. The lowest BCUT2D eigenvalue weighted by atomic mass is 9.98. The molecule has 1 aromatic rings. The number of nitrogens with one attached hydrogen (secondary N) is 1. The summed E-state index contributed by atoms with van der Waals surface area (Å²) >= 11 is 0. The van der Waals surface area contributed by atoms with Crippen LogP contribution in [-0.4, -0.2) is 69.3 Å². The van der Waals surface area contributed by atoms with Crippen molar-refractivity contribution in [3.63, 3.8) is 0 Å². The second-order valence-corrected chi connectivity index (χ2v) is 7.43. The molecule has 1 aromatic carbocycles. The predicted molar refractivity (Wildman–Crippen MR) is 110 cm³/mol. The quantitative estimate of drug-likeness (QED) is 0.706. The molecule has 30 heavy (non-hydrogen) atoms. The van der Waals surface area contributed by atoms with Crippen molar-refractivity contribution in [2.75, 3.05) is 45.4 Å². The van der Waals surface area contributed by atoms with E-state index in [1.807, 2.05) is 0 Å². The van der Waals surface area contributed by atoms with E-state index in [0.717, 1.165) is 12.8 Å². The molecule has 2 heterocycles. The maximum Gasteiger partial charge on any atom is 0.317 e. The molecule has 2 aliphatic heterocycles. The molecule has 9 nitrogen and oxygen atoms in total. The summed E-state index contributed by atoms with van der Waals surface area (Å²) in [6.45, 7) is 3.39. The van der Waals surface area contributed by atoms with E-state index in [1.54, 1.807) is 49.1 Å². The molecule has 2 atom stereocenters. The number of ether oxygens (including phenoxy) is 3. The second kappa shape index (κ2) is 9.69. The summed E-state index contributed by atoms with van der Waals surface area (Å²) in [6.07, 6.45) is 1.69. The molecule has 0 bridgehead atoms. The molecule has 0 radical (unpaired) electrons. The van der Waals surface area contributed by atoms with Crippen molar-refractivity contribution in [3.8, 4) is 11.5 Å². The topological polar surface area (TPSA) is 97.4 Å². The monoisotopic (exact) mass is 419 g/mol. The normalized spacial score (nSPS) is 21.4. The first-order valence-corrected chi connectivity index (χ1v) is 10.2. The number of urea groups is 1. The summed E-state index contributed by atoms with van der Waals surface area (Å²) in [7, 11) is 3.09. The van der Waals surface area contributed by atoms with Crippen molar-refractivity contribution in [1.82, 2.24) is 10.2 Å². The van der Waals surface area contributed by atoms with Gasteiger partial charge in [-0.2, -0.15) is 0 Å². The van der Waals surface area contributed by atoms with Gasteiger partial charge < -0.3 is 29.3 Å². The standard InChI is InChI=1S/C21H29N3O6/c1-4-30-20(26)14-6-5-9-23(12-14)21(27)22-15-10-19(25)24(13-15)16-7-8-17(28-2)18(11-16)29-3/h7-8,11,14-15H,4-6,9-10,12-13H2,1-3H3,(H,22,27)/t14-,15-/m0/s1. The molecule has 2 aliphatic rings. The number of likely N-dealkylation sites (tertiary alicyclic amines) is 1. The summed E-state index contributed by atoms with van der Waals surface area (Å²) in [4.78, 5) is 40.5. The number of amides is 3. The van der Waals surface area contributed by atoms with Crippen LogP contribution in [0.25, 0.3) is 0 Å². The van der Waals surface area contributed by atoms with Crippen LogP contribution in [0.5, 0.6) is 11.5 Å². The molecule has 3 rings (SSSR count). The van der Waals surface area contributed by atoms with Gasteiger partial charge in [0.25, 0.3) is 0 Å². The van der Waals surface area contributed by atoms with Gasteiger partial charge in [0.05, 0.1) is 32.8 Å². The van der Waals surface area contributed by atoms with Crippen molar-refractivity contribution >= 4 is 23.6 Å². The lowest BCUT2D eigenvalue weighted by Gasteiger charge is -2.32. The highest BCUT2D eigenvalue weighted by Gasteiger charge is 2.35. The number of benzene rings is 1. The van der Waals surface area contributed by atoms with E-state index in [0.29, 0.717) is 43.4 Å². The number of methoxy groups -OCH3 is 2. The third-order valence-corrected chi connectivity index (χ3v) is 5.46. The number of rotatable bonds is 6. The summed E-state index contributed by atoms with van der Waals surface area (Å²) in [5, 5.41) is 2.94. The van der Waals surface area contributed by atoms with Gasteiger partial charge in [-0.15, -0.1) is 0 Å². The first kappa shape index (κ1) is 21.7. The van der Waals surface area contributed by atoms with Crippen LogP contribution in [0, 0.1) is 5.92 Å². The Morgan fingerprint density at radius 3 is 2.63 bits per heavy atom. The second-order valence-electron chi connectivity index (χ2n) is 7.43. The highest BCUT2D eigenvalue weighted by Crippen LogP contribution is 2.33. The number of piperidine rings is 1. The molecule has 3 amide bonds. The fourth-order valence-corrected chi connectivity index (χ4v) is 3.93. The Labute approximate surface area is 176 Å². The number of esters is 1. The van der Waals surface area contributed by atoms with Crippen molar-refractivity contribution in [2.45, 2.75) is 32.2 Å². The third-order valence-electron chi connectivity index (χ3n) is 5.46. The van der Waals surface area contributed by atoms with E-state index in [2.05, 4.69) is 5.32 Å². The highest BCUT2D eigenvalue weighted by atomic mass is 16.5. The van der Waals surface area contributed by atoms with Crippen LogP contribution in [0.3, 0.4) is 0 Å². The van der Waals surface area contributed by atoms with Gasteiger partial charge in [-0.1, -0.05) is 0 Å². The number of nitrogens with zero attached hydrogens (tertiary/aromatic N) is 2. The molecule has 9 heteroatoms. The Kier molecular flexibility index (Phi) is 7.02. The zero-order chi connectivity index (χ0) is 21.7. The zero-order valence-corrected chi connectivity index (χ0v) is 17.7. The lowest BCUT2D eigenvalue weighted by molar-refractivity contribution is -0.149. The van der Waals surface area contributed by atoms with Crippen LogP contribution in [-0.2, 0) is 14.3 Å². The Morgan fingerprint density at radius 1 is 1.17 bits per heavy atom. The van der Waals surface area contributed by atoms with E-state index in [1.165, 1.54) is 0 Å². The van der Waals surface area contributed by atoms with Gasteiger partial charge in [-0.25, -0.2) is 4.79 Å². The van der Waals surface area contributed by atoms with Gasteiger partial charge in [-0.3, -0.25) is 9.59 Å². The number of carbonyl (C=O) groups excluding carboxylic acids is 3. The molecular formula is C21H29N3O6. The molecule has 0 aromatic heterocycles. The van der Waals surface area contributed by atoms with Crippen LogP contribution < -0.4 is 19.7 Å². The number of hydrogen-bond acceptors (Lipinski definition) is 6. The maximum atomic E-state index is 12.7. The molecule has 164 valence electrons. The van der Waals surface area contributed by atoms with Gasteiger partial charge >= 0.3 is 12.0 Å². The van der Waals surface area contributed by atoms with Crippen LogP contribution in [0.1, 0.15) is 26.2 Å². The van der Waals surface area contributed by atoms with Gasteiger partial charge in [0.2, 0.25) is 5.91 Å². The molecule has 1 N–H and O–H groups in total. The first-order chi connectivity index (χ1) is 14.5. The van der Waals surface area contributed by atoms with Crippen molar-refractivity contribution in [2.24, 2.45) is 5.92 Å². The maximum absolute atomic E-state index is 12.7. The molecule has 0 spiro atoms. The molecule has 0 aliphatic carbocycles. The highest BCUT2D eigenvalue weighted by molar-refractivity contribution is 5.97. The Bertz CT molecular complexity index is 799. The third kappa shape index (κ3) is 4.77. The van der Waals surface area contributed by atoms with Gasteiger partial charge in [0.1, 0.15) is 0 Å². The number of hydrogen-bond donors (Lipinski definition) is 1. The zero-order valence-electron chi connectivity index (χ0n) is 17.7. The van der Waals surface area contributed by atoms with Gasteiger partial charge in [0.15, 0.2) is 11.5 Å². The Hall–Kier alpha value is -2.97. The van der Waals surface area contributed by atoms with Crippen LogP contribution in [0.2, 0.25) is 0 Å². The van der Waals surface area contributed by atoms with E-state index in [4.69, 9.17) is 14.2 Å². The fourth-order valence-electron chi connectivity index (χ4n) is 3.93. The SMILES string of the molecule is CCOC(=O)[C@H]1CCCN(C(=O)N[C@H]2CC(=O)N(c3ccc(OC)c(OC)c3)C2)C1. The molecule has 0 saturated carbocycles. The summed E-state index contributed by atoms with van der Waals surface area (Å²) in [5.41, 5.74) is 0.690. The predicted octanol–water partition coefficient (Wildman–Crippen LogP) is 1.79. The van der Waals surface area contributed by atoms with E-state index in [9.17, 15) is 14.4 Å². The molecule has 0 unspecified atom stereocenters. The smallest absolute Gasteiger partial charge is 0.317 e. The fraction of sp³-hybridized carbons (Fsp3) is 0.571. The minimum Gasteiger partial charge on any atom is -0.493 e. The minimum atomic E-state index is -0.305. The van der Waals surface area contributed by atoms with E-state index >= 15 is 0 Å². The number of carbonyl (C=O) groups is 3. The summed E-state index contributed by atoms with van der Waals surface area (Å²) in [5.74, 6) is 0.492. The van der Waals surface area contributed by atoms with Crippen LogP contribution in [0.4, 0.5) is 10.5 Å². The van der Waals surface area contributed by atoms with Crippen LogP contribution >= 0.6 is 0 Å². The average Bonchev–Trinajstić information content (AvgIpc) is 3.13. The molecular weight excluding hydrogens is 390 g/mol. The van der Waals surface area contributed by atoms with Gasteiger partial charge in [-0.05, 0) is 31.9 Å². The van der Waals surface area contributed by atoms with E-state index < -0.39 is 0 Å². The molecule has 2 saturated heterocycles. The Balaban J connectivity index is 1.60. The summed E-state index contributed by atoms with van der Waals surface area (Å²) in [6, 6.07) is 4.72. The summed E-state index contributed by atoms with van der Waals surface area (Å²) < 4.78 is 15.6. The van der Waals surface area contributed by atoms with Crippen molar-refractivity contribution < 1.29 is 28.6 Å². The molecule has 2 fully saturated rings. The van der Waals surface area contributed by atoms with Crippen molar-refractivity contribution in [3.05, 3.63) is 18.2 Å². The minimum absolute atomic E-state index is 0.0736. The van der Waals surface area contributed by atoms with Crippen molar-refractivity contribution in [1.29, 1.82) is 0 Å². The lowest BCUT2D eigenvalue weighted by Crippen LogP contribution is -2.50. The van der Waals surface area contributed by atoms with E-state index in [-0.39, 0.29) is 36.3 Å². The van der Waals surface area contributed by atoms with Crippen LogP contribution in [0.15, 0.2) is 18.2 Å². The Morgan fingerprint density at radius 2 is 1.93 bits per heavy atom. The largest absolute Gasteiger partial charge is 0.493 e. The number of anilines is 1. The average molecular weight is 419 g/mol. The van der Waals surface area contributed by atoms with Gasteiger partial charge in [0, 0.05) is 37.8 Å².